The van der Waals surface area contributed by atoms with E-state index in [1.165, 1.54) is 184 Å². The molecule has 0 heterocycles. The summed E-state index contributed by atoms with van der Waals surface area (Å²) in [6, 6.07) is 84.8. The monoisotopic (exact) mass is 1740 g/mol. The molecule has 0 spiro atoms. The second kappa shape index (κ2) is 72.1. The van der Waals surface area contributed by atoms with Gasteiger partial charge in [0.1, 0.15) is 28.7 Å². The standard InChI is InChI=1S/5C21H28OS.5FH/c5*1-2-3-4-5-6-17-22-20-13-9-18(10-14-20)7-8-19-11-15-21(23)16-12-19;;;;;/h5*9-16,23H,2-8,17H2,1H3;5*1H. The predicted molar refractivity (Wildman–Crippen MR) is 522 cm³/mol. The van der Waals surface area contributed by atoms with Gasteiger partial charge in [0, 0.05) is 24.5 Å². The Morgan fingerprint density at radius 3 is 0.375 bits per heavy atom. The Morgan fingerprint density at radius 1 is 0.150 bits per heavy atom. The first kappa shape index (κ1) is 111. The van der Waals surface area contributed by atoms with Gasteiger partial charge in [0.05, 0.1) is 33.0 Å². The van der Waals surface area contributed by atoms with Crippen LogP contribution in [0.15, 0.2) is 267 Å². The lowest BCUT2D eigenvalue weighted by molar-refractivity contribution is 0.304. The summed E-state index contributed by atoms with van der Waals surface area (Å²) in [6.45, 7) is 15.4. The lowest BCUT2D eigenvalue weighted by atomic mass is 10.0. The molecule has 0 aliphatic carbocycles. The highest BCUT2D eigenvalue weighted by atomic mass is 32.1. The molecule has 0 fully saturated rings. The van der Waals surface area contributed by atoms with Crippen LogP contribution in [0.3, 0.4) is 0 Å². The van der Waals surface area contributed by atoms with Crippen LogP contribution in [0.1, 0.15) is 251 Å². The molecular weight excluding hydrogens is 1600 g/mol. The predicted octanol–water partition coefficient (Wildman–Crippen LogP) is 31.3. The van der Waals surface area contributed by atoms with Gasteiger partial charge in [-0.2, -0.15) is 0 Å². The van der Waals surface area contributed by atoms with Crippen molar-refractivity contribution in [2.75, 3.05) is 33.0 Å². The van der Waals surface area contributed by atoms with Crippen LogP contribution in [0.25, 0.3) is 0 Å². The Balaban J connectivity index is 0.000000742. The normalized spacial score (nSPS) is 10.2. The van der Waals surface area contributed by atoms with E-state index < -0.39 is 0 Å². The third-order valence-electron chi connectivity index (χ3n) is 20.4. The van der Waals surface area contributed by atoms with Crippen molar-refractivity contribution in [3.8, 4) is 28.7 Å². The van der Waals surface area contributed by atoms with Crippen molar-refractivity contribution in [3.05, 3.63) is 298 Å². The summed E-state index contributed by atoms with van der Waals surface area (Å²) in [4.78, 5) is 5.09. The van der Waals surface area contributed by atoms with E-state index in [4.69, 9.17) is 23.7 Å². The van der Waals surface area contributed by atoms with Crippen LogP contribution < -0.4 is 23.7 Å². The number of unbranched alkanes of at least 4 members (excludes halogenated alkanes) is 20. The van der Waals surface area contributed by atoms with Crippen molar-refractivity contribution in [3.63, 3.8) is 0 Å². The van der Waals surface area contributed by atoms with Crippen LogP contribution >= 0.6 is 63.1 Å². The van der Waals surface area contributed by atoms with Crippen LogP contribution in [0.2, 0.25) is 0 Å². The van der Waals surface area contributed by atoms with Crippen molar-refractivity contribution >= 4 is 63.1 Å². The van der Waals surface area contributed by atoms with E-state index in [2.05, 4.69) is 340 Å². The maximum atomic E-state index is 5.81. The van der Waals surface area contributed by atoms with Crippen LogP contribution in [-0.2, 0) is 64.2 Å². The van der Waals surface area contributed by atoms with E-state index in [9.17, 15) is 0 Å². The van der Waals surface area contributed by atoms with Gasteiger partial charge in [0.25, 0.3) is 0 Å². The van der Waals surface area contributed by atoms with Crippen LogP contribution in [0.4, 0.5) is 23.5 Å². The van der Waals surface area contributed by atoms with Gasteiger partial charge in [-0.05, 0) is 273 Å². The molecule has 0 aliphatic rings. The zero-order valence-corrected chi connectivity index (χ0v) is 77.2. The molecule has 660 valence electrons. The molecular formula is C105H145F5O5S5. The van der Waals surface area contributed by atoms with Gasteiger partial charge < -0.3 is 23.7 Å². The number of halogens is 5. The molecule has 0 atom stereocenters. The van der Waals surface area contributed by atoms with Gasteiger partial charge in [0.15, 0.2) is 0 Å². The summed E-state index contributed by atoms with van der Waals surface area (Å²) in [7, 11) is 0. The van der Waals surface area contributed by atoms with Gasteiger partial charge in [-0.15, -0.1) is 63.1 Å². The van der Waals surface area contributed by atoms with Gasteiger partial charge in [-0.3, -0.25) is 23.5 Å². The van der Waals surface area contributed by atoms with Crippen molar-refractivity contribution in [2.45, 2.75) is 284 Å². The van der Waals surface area contributed by atoms with Crippen LogP contribution in [0, 0.1) is 0 Å². The van der Waals surface area contributed by atoms with Gasteiger partial charge >= 0.3 is 0 Å². The van der Waals surface area contributed by atoms with Crippen LogP contribution in [0.5, 0.6) is 28.7 Å². The van der Waals surface area contributed by atoms with E-state index in [0.29, 0.717) is 0 Å². The summed E-state index contributed by atoms with van der Waals surface area (Å²) >= 11 is 21.6. The summed E-state index contributed by atoms with van der Waals surface area (Å²) in [6.07, 6.45) is 42.5. The molecule has 120 heavy (non-hydrogen) atoms. The van der Waals surface area contributed by atoms with Crippen molar-refractivity contribution in [1.29, 1.82) is 0 Å². The second-order valence-corrected chi connectivity index (χ2v) is 32.9. The fourth-order valence-electron chi connectivity index (χ4n) is 13.0. The number of thiol groups is 5. The summed E-state index contributed by atoms with van der Waals surface area (Å²) in [5.74, 6) is 4.95. The average Bonchev–Trinajstić information content (AvgIpc) is 0.908. The SMILES string of the molecule is CCCCCCCOc1ccc(CCc2ccc(S)cc2)cc1.CCCCCCCOc1ccc(CCc2ccc(S)cc2)cc1.CCCCCCCOc1ccc(CCc2ccc(S)cc2)cc1.CCCCCCCOc1ccc(CCc2ccc(S)cc2)cc1.CCCCCCCOc1ccc(CCc2ccc(S)cc2)cc1.F.F.F.F.F. The lowest BCUT2D eigenvalue weighted by Crippen LogP contribution is -1.97. The maximum Gasteiger partial charge on any atom is 0.119 e. The van der Waals surface area contributed by atoms with Crippen molar-refractivity contribution < 1.29 is 47.2 Å². The third-order valence-corrected chi connectivity index (χ3v) is 21.9. The second-order valence-electron chi connectivity index (χ2n) is 30.4. The number of hydrogen-bond donors (Lipinski definition) is 5. The highest BCUT2D eigenvalue weighted by Gasteiger charge is 2.06. The molecule has 10 rings (SSSR count). The van der Waals surface area contributed by atoms with E-state index >= 15 is 0 Å². The molecule has 0 aromatic heterocycles. The largest absolute Gasteiger partial charge is 0.494 e. The lowest BCUT2D eigenvalue weighted by Gasteiger charge is -2.07. The molecule has 0 aliphatic heterocycles. The van der Waals surface area contributed by atoms with E-state index in [1.54, 1.807) is 0 Å². The zero-order chi connectivity index (χ0) is 81.7. The number of aryl methyl sites for hydroxylation is 10. The number of rotatable bonds is 50. The molecule has 0 amide bonds. The van der Waals surface area contributed by atoms with E-state index in [1.807, 2.05) is 0 Å². The highest BCUT2D eigenvalue weighted by Crippen LogP contribution is 2.24. The molecule has 0 saturated heterocycles. The molecule has 0 radical (unpaired) electrons. The highest BCUT2D eigenvalue weighted by molar-refractivity contribution is 7.81. The molecule has 15 heteroatoms. The molecule has 0 N–H and O–H groups in total. The van der Waals surface area contributed by atoms with Gasteiger partial charge in [-0.1, -0.05) is 284 Å². The molecule has 10 aromatic carbocycles. The maximum absolute atomic E-state index is 5.81. The molecule has 0 saturated carbocycles. The van der Waals surface area contributed by atoms with E-state index in [-0.39, 0.29) is 23.5 Å². The summed E-state index contributed by atoms with van der Waals surface area (Å²) in [5, 5.41) is 0. The van der Waals surface area contributed by atoms with Crippen molar-refractivity contribution in [1.82, 2.24) is 0 Å². The average molecular weight is 1740 g/mol. The Labute approximate surface area is 748 Å². The fourth-order valence-corrected chi connectivity index (χ4v) is 13.7. The summed E-state index contributed by atoms with van der Waals surface area (Å²) < 4.78 is 29.0. The minimum atomic E-state index is 0. The van der Waals surface area contributed by atoms with Crippen LogP contribution in [-0.4, -0.2) is 33.0 Å². The molecule has 0 unspecified atom stereocenters. The fraction of sp³-hybridized carbons (Fsp3) is 0.429. The minimum Gasteiger partial charge on any atom is -0.494 e. The summed E-state index contributed by atoms with van der Waals surface area (Å²) in [5.41, 5.74) is 13.6. The Kier molecular flexibility index (Phi) is 66.5. The minimum absolute atomic E-state index is 0. The first-order valence-electron chi connectivity index (χ1n) is 43.9. The first-order chi connectivity index (χ1) is 56.4. The quantitative estimate of drug-likeness (QED) is 0.0149. The van der Waals surface area contributed by atoms with E-state index in [0.717, 1.165) is 183 Å². The smallest absolute Gasteiger partial charge is 0.119 e. The number of hydrogen-bond acceptors (Lipinski definition) is 10. The third kappa shape index (κ3) is 53.5. The van der Waals surface area contributed by atoms with Gasteiger partial charge in [-0.25, -0.2) is 0 Å². The van der Waals surface area contributed by atoms with Crippen molar-refractivity contribution in [2.24, 2.45) is 0 Å². The first-order valence-corrected chi connectivity index (χ1v) is 46.1. The molecule has 5 nitrogen and oxygen atoms in total. The Morgan fingerprint density at radius 2 is 0.258 bits per heavy atom. The number of benzene rings is 10. The zero-order valence-electron chi connectivity index (χ0n) is 72.7. The topological polar surface area (TPSA) is 46.2 Å². The Bertz CT molecular complexity index is 3360. The van der Waals surface area contributed by atoms with Gasteiger partial charge in [0.2, 0.25) is 0 Å². The number of ether oxygens (including phenoxy) is 5. The molecule has 10 aromatic rings. The molecule has 0 bridgehead atoms. The Hall–Kier alpha value is -7.40.